The van der Waals surface area contributed by atoms with Crippen LogP contribution in [0.4, 0.5) is 0 Å². The highest BCUT2D eigenvalue weighted by Crippen LogP contribution is 2.25. The molecule has 0 bridgehead atoms. The number of nitrogens with one attached hydrogen (secondary N) is 1. The molecule has 7 heteroatoms. The van der Waals surface area contributed by atoms with Crippen LogP contribution in [0.2, 0.25) is 0 Å². The quantitative estimate of drug-likeness (QED) is 0.659. The molecule has 136 valence electrons. The minimum atomic E-state index is -0.515. The molecule has 0 saturated carbocycles. The second kappa shape index (κ2) is 10.9. The molecule has 1 amide bonds. The van der Waals surface area contributed by atoms with Crippen LogP contribution in [0.25, 0.3) is 0 Å². The van der Waals surface area contributed by atoms with Gasteiger partial charge in [0.1, 0.15) is 5.75 Å². The van der Waals surface area contributed by atoms with Crippen LogP contribution in [-0.2, 0) is 20.9 Å². The van der Waals surface area contributed by atoms with Crippen LogP contribution in [-0.4, -0.2) is 32.1 Å². The lowest BCUT2D eigenvalue weighted by Gasteiger charge is -2.28. The molecule has 24 heavy (non-hydrogen) atoms. The van der Waals surface area contributed by atoms with Crippen molar-refractivity contribution < 1.29 is 19.1 Å². The van der Waals surface area contributed by atoms with E-state index < -0.39 is 11.4 Å². The molecule has 0 heterocycles. The van der Waals surface area contributed by atoms with Crippen molar-refractivity contribution in [3.63, 3.8) is 0 Å². The number of carbonyl (C=O) groups excluding carboxylic acids is 2. The number of rotatable bonds is 9. The monoisotopic (exact) mass is 358 g/mol. The summed E-state index contributed by atoms with van der Waals surface area (Å²) in [6.45, 7) is 4.51. The van der Waals surface area contributed by atoms with Crippen molar-refractivity contribution in [1.29, 1.82) is 0 Å². The fourth-order valence-corrected chi connectivity index (χ4v) is 2.27. The van der Waals surface area contributed by atoms with Gasteiger partial charge in [-0.3, -0.25) is 4.79 Å². The molecule has 0 radical (unpaired) electrons. The fourth-order valence-electron chi connectivity index (χ4n) is 2.27. The molecule has 0 aliphatic rings. The molecular weight excluding hydrogens is 332 g/mol. The number of hydrogen-bond acceptors (Lipinski definition) is 5. The summed E-state index contributed by atoms with van der Waals surface area (Å²) in [6, 6.07) is 7.22. The van der Waals surface area contributed by atoms with E-state index in [1.807, 2.05) is 26.0 Å². The highest BCUT2D eigenvalue weighted by Gasteiger charge is 2.32. The Morgan fingerprint density at radius 2 is 1.92 bits per heavy atom. The average Bonchev–Trinajstić information content (AvgIpc) is 2.60. The Kier molecular flexibility index (Phi) is 10.1. The van der Waals surface area contributed by atoms with Gasteiger partial charge in [-0.15, -0.1) is 12.4 Å². The van der Waals surface area contributed by atoms with Crippen LogP contribution in [0.1, 0.15) is 32.3 Å². The van der Waals surface area contributed by atoms with E-state index in [1.54, 1.807) is 12.1 Å². The Bertz CT molecular complexity index is 525. The van der Waals surface area contributed by atoms with Gasteiger partial charge in [-0.25, -0.2) is 4.79 Å². The predicted octanol–water partition coefficient (Wildman–Crippen LogP) is 2.04. The van der Waals surface area contributed by atoms with Crippen LogP contribution in [0.15, 0.2) is 24.3 Å². The van der Waals surface area contributed by atoms with E-state index in [0.29, 0.717) is 31.7 Å². The van der Waals surface area contributed by atoms with Crippen molar-refractivity contribution in [3.05, 3.63) is 29.8 Å². The molecule has 0 atom stereocenters. The van der Waals surface area contributed by atoms with E-state index in [-0.39, 0.29) is 24.9 Å². The van der Waals surface area contributed by atoms with Gasteiger partial charge in [0.2, 0.25) is 5.91 Å². The van der Waals surface area contributed by atoms with Crippen LogP contribution in [0.5, 0.6) is 5.75 Å². The Labute approximate surface area is 149 Å². The number of amides is 1. The summed E-state index contributed by atoms with van der Waals surface area (Å²) in [5.74, 6) is 0.0754. The van der Waals surface area contributed by atoms with Gasteiger partial charge < -0.3 is 20.5 Å². The number of hydrogen-bond donors (Lipinski definition) is 2. The molecule has 3 N–H and O–H groups in total. The van der Waals surface area contributed by atoms with Crippen molar-refractivity contribution in [1.82, 2.24) is 5.32 Å². The number of nitrogens with two attached hydrogens (primary N) is 1. The normalized spacial score (nSPS) is 10.5. The van der Waals surface area contributed by atoms with Gasteiger partial charge in [0.05, 0.1) is 12.5 Å². The zero-order valence-corrected chi connectivity index (χ0v) is 15.3. The first-order chi connectivity index (χ1) is 11.0. The second-order valence-corrected chi connectivity index (χ2v) is 5.39. The maximum atomic E-state index is 12.4. The molecule has 0 aliphatic carbocycles. The molecule has 1 aromatic rings. The van der Waals surface area contributed by atoms with Gasteiger partial charge in [0.25, 0.3) is 0 Å². The third kappa shape index (κ3) is 6.02. The molecule has 1 aromatic carbocycles. The van der Waals surface area contributed by atoms with E-state index in [2.05, 4.69) is 10.1 Å². The lowest BCUT2D eigenvalue weighted by atomic mass is 9.81. The zero-order chi connectivity index (χ0) is 17.3. The maximum absolute atomic E-state index is 12.4. The summed E-state index contributed by atoms with van der Waals surface area (Å²) >= 11 is 0. The van der Waals surface area contributed by atoms with Gasteiger partial charge in [-0.1, -0.05) is 26.0 Å². The number of halogens is 1. The summed E-state index contributed by atoms with van der Waals surface area (Å²) < 4.78 is 9.85. The standard InChI is InChI=1S/C17H26N2O4.ClH/c1-4-17(5-2,12-18)16(21)19-10-13-7-6-8-14(9-13)23-11-15(20)22-3;/h6-9H,4-5,10-12,18H2,1-3H3,(H,19,21);1H. The minimum Gasteiger partial charge on any atom is -0.482 e. The molecular formula is C17H27ClN2O4. The first-order valence-electron chi connectivity index (χ1n) is 7.78. The van der Waals surface area contributed by atoms with E-state index in [9.17, 15) is 9.59 Å². The molecule has 0 spiro atoms. The molecule has 0 fully saturated rings. The van der Waals surface area contributed by atoms with Gasteiger partial charge in [-0.2, -0.15) is 0 Å². The van der Waals surface area contributed by atoms with Crippen molar-refractivity contribution >= 4 is 24.3 Å². The molecule has 1 rings (SSSR count). The largest absolute Gasteiger partial charge is 0.482 e. The third-order valence-electron chi connectivity index (χ3n) is 4.16. The van der Waals surface area contributed by atoms with Crippen molar-refractivity contribution in [2.24, 2.45) is 11.1 Å². The van der Waals surface area contributed by atoms with Gasteiger partial charge in [-0.05, 0) is 30.5 Å². The average molecular weight is 359 g/mol. The van der Waals surface area contributed by atoms with Crippen molar-refractivity contribution in [3.8, 4) is 5.75 Å². The molecule has 0 aliphatic heterocycles. The highest BCUT2D eigenvalue weighted by molar-refractivity contribution is 5.85. The molecule has 6 nitrogen and oxygen atoms in total. The zero-order valence-electron chi connectivity index (χ0n) is 14.5. The van der Waals surface area contributed by atoms with Crippen molar-refractivity contribution in [2.75, 3.05) is 20.3 Å². The molecule has 0 unspecified atom stereocenters. The predicted molar refractivity (Wildman–Crippen MR) is 95.1 cm³/mol. The van der Waals surface area contributed by atoms with Crippen LogP contribution in [0, 0.1) is 5.41 Å². The number of esters is 1. The summed E-state index contributed by atoms with van der Waals surface area (Å²) in [5, 5.41) is 2.93. The lowest BCUT2D eigenvalue weighted by Crippen LogP contribution is -2.45. The summed E-state index contributed by atoms with van der Waals surface area (Å²) in [6.07, 6.45) is 1.40. The highest BCUT2D eigenvalue weighted by atomic mass is 35.5. The molecule has 0 saturated heterocycles. The van der Waals surface area contributed by atoms with Crippen molar-refractivity contribution in [2.45, 2.75) is 33.2 Å². The number of carbonyl (C=O) groups is 2. The van der Waals surface area contributed by atoms with Gasteiger partial charge in [0.15, 0.2) is 6.61 Å². The molecule has 0 aromatic heterocycles. The second-order valence-electron chi connectivity index (χ2n) is 5.39. The van der Waals surface area contributed by atoms with Gasteiger partial charge in [0, 0.05) is 13.1 Å². The number of benzene rings is 1. The van der Waals surface area contributed by atoms with E-state index >= 15 is 0 Å². The van der Waals surface area contributed by atoms with E-state index in [4.69, 9.17) is 10.5 Å². The third-order valence-corrected chi connectivity index (χ3v) is 4.16. The number of ether oxygens (including phenoxy) is 2. The Balaban J connectivity index is 0.00000529. The Morgan fingerprint density at radius 3 is 2.46 bits per heavy atom. The van der Waals surface area contributed by atoms with Crippen LogP contribution < -0.4 is 15.8 Å². The minimum absolute atomic E-state index is 0. The summed E-state index contributed by atoms with van der Waals surface area (Å²) in [4.78, 5) is 23.5. The first kappa shape index (κ1) is 22.2. The number of methoxy groups -OCH3 is 1. The maximum Gasteiger partial charge on any atom is 0.343 e. The smallest absolute Gasteiger partial charge is 0.343 e. The topological polar surface area (TPSA) is 90.7 Å². The van der Waals surface area contributed by atoms with E-state index in [0.717, 1.165) is 5.56 Å². The fraction of sp³-hybridized carbons (Fsp3) is 0.529. The summed E-state index contributed by atoms with van der Waals surface area (Å²) in [5.41, 5.74) is 6.15. The summed E-state index contributed by atoms with van der Waals surface area (Å²) in [7, 11) is 1.31. The Morgan fingerprint density at radius 1 is 1.25 bits per heavy atom. The van der Waals surface area contributed by atoms with E-state index in [1.165, 1.54) is 7.11 Å². The lowest BCUT2D eigenvalue weighted by molar-refractivity contribution is -0.142. The van der Waals surface area contributed by atoms with Gasteiger partial charge >= 0.3 is 5.97 Å². The SMILES string of the molecule is CCC(CC)(CN)C(=O)NCc1cccc(OCC(=O)OC)c1.Cl. The van der Waals surface area contributed by atoms with Crippen LogP contribution in [0.3, 0.4) is 0 Å². The first-order valence-corrected chi connectivity index (χ1v) is 7.78. The van der Waals surface area contributed by atoms with Crippen LogP contribution >= 0.6 is 12.4 Å². The Hall–Kier alpha value is -1.79.